The van der Waals surface area contributed by atoms with Gasteiger partial charge in [-0.1, -0.05) is 153 Å². The van der Waals surface area contributed by atoms with Crippen molar-refractivity contribution < 1.29 is 9.59 Å². The van der Waals surface area contributed by atoms with Gasteiger partial charge in [-0.2, -0.15) is 0 Å². The van der Waals surface area contributed by atoms with Crippen LogP contribution in [0.5, 0.6) is 0 Å². The van der Waals surface area contributed by atoms with Gasteiger partial charge >= 0.3 is 0 Å². The van der Waals surface area contributed by atoms with Crippen LogP contribution in [0.25, 0.3) is 0 Å². The molecular weight excluding hydrogens is 512 g/mol. The van der Waals surface area contributed by atoms with Gasteiger partial charge in [0.1, 0.15) is 0 Å². The highest BCUT2D eigenvalue weighted by Gasteiger charge is 2.30. The molecule has 0 aromatic heterocycles. The third-order valence-electron chi connectivity index (χ3n) is 7.10. The zero-order valence-corrected chi connectivity index (χ0v) is 27.6. The van der Waals surface area contributed by atoms with Gasteiger partial charge in [-0.05, 0) is 70.6 Å². The van der Waals surface area contributed by atoms with E-state index in [0.717, 1.165) is 45.4 Å². The smallest absolute Gasteiger partial charge is 0.158 e. The summed E-state index contributed by atoms with van der Waals surface area (Å²) in [5.41, 5.74) is 7.75. The van der Waals surface area contributed by atoms with E-state index in [2.05, 4.69) is 108 Å². The molecule has 0 bridgehead atoms. The minimum absolute atomic E-state index is 0.0286. The van der Waals surface area contributed by atoms with Crippen molar-refractivity contribution in [3.63, 3.8) is 0 Å². The maximum absolute atomic E-state index is 12.1. The summed E-state index contributed by atoms with van der Waals surface area (Å²) in [5.74, 6) is 0.442. The first-order chi connectivity index (χ1) is 19.7. The Kier molecular flexibility index (Phi) is 16.1. The van der Waals surface area contributed by atoms with E-state index in [-0.39, 0.29) is 22.9 Å². The molecule has 0 aromatic rings. The van der Waals surface area contributed by atoms with E-state index < -0.39 is 0 Å². The standard InChI is InChI=1S/C40H52O2/c1-30(2)38(41)27-25-35(7)23-15-21-33(5)20-13-18-31(3)16-11-12-17-32(4)19-14-22-34(6)24-26-37-36(8)39(42)28-29-40(37,9)10/h11-27,30H,28-29H2,1-10H3. The summed E-state index contributed by atoms with van der Waals surface area (Å²) in [5, 5.41) is 0. The largest absolute Gasteiger partial charge is 0.295 e. The highest BCUT2D eigenvalue weighted by Crippen LogP contribution is 2.39. The lowest BCUT2D eigenvalue weighted by atomic mass is 9.72. The van der Waals surface area contributed by atoms with E-state index in [1.165, 1.54) is 0 Å². The van der Waals surface area contributed by atoms with Gasteiger partial charge in [-0.15, -0.1) is 0 Å². The SMILES string of the molecule is CC(C=CC=C(C)C=CC=C(C)C=CC(=O)C(C)C)=CC=CC=C(C)C=CC=C(C)C=CC1=C(C)C(=O)CCC1(C)C. The molecule has 1 rings (SSSR count). The summed E-state index contributed by atoms with van der Waals surface area (Å²) in [6.45, 7) is 20.5. The number of ketones is 2. The lowest BCUT2D eigenvalue weighted by molar-refractivity contribution is -0.117. The van der Waals surface area contributed by atoms with Gasteiger partial charge < -0.3 is 0 Å². The van der Waals surface area contributed by atoms with Gasteiger partial charge in [0.2, 0.25) is 0 Å². The molecule has 0 saturated heterocycles. The van der Waals surface area contributed by atoms with E-state index >= 15 is 0 Å². The van der Waals surface area contributed by atoms with E-state index in [1.807, 2.05) is 58.1 Å². The van der Waals surface area contributed by atoms with Gasteiger partial charge in [0.05, 0.1) is 0 Å². The molecule has 0 spiro atoms. The van der Waals surface area contributed by atoms with E-state index in [1.54, 1.807) is 6.08 Å². The third-order valence-corrected chi connectivity index (χ3v) is 7.10. The minimum atomic E-state index is 0.0286. The molecule has 0 amide bonds. The molecule has 0 heterocycles. The van der Waals surface area contributed by atoms with E-state index in [0.29, 0.717) is 6.42 Å². The number of allylic oxidation sites excluding steroid dienone is 24. The van der Waals surface area contributed by atoms with E-state index in [4.69, 9.17) is 0 Å². The normalized spacial score (nSPS) is 18.6. The van der Waals surface area contributed by atoms with Gasteiger partial charge in [0, 0.05) is 12.3 Å². The Hall–Kier alpha value is -3.78. The van der Waals surface area contributed by atoms with Crippen LogP contribution in [0.15, 0.2) is 142 Å². The van der Waals surface area contributed by atoms with Gasteiger partial charge in [0.15, 0.2) is 11.6 Å². The maximum Gasteiger partial charge on any atom is 0.158 e. The fourth-order valence-corrected chi connectivity index (χ4v) is 4.12. The predicted molar refractivity (Wildman–Crippen MR) is 184 cm³/mol. The monoisotopic (exact) mass is 564 g/mol. The van der Waals surface area contributed by atoms with Crippen LogP contribution in [0.1, 0.15) is 82.1 Å². The van der Waals surface area contributed by atoms with Crippen LogP contribution < -0.4 is 0 Å². The van der Waals surface area contributed by atoms with Crippen molar-refractivity contribution in [2.75, 3.05) is 0 Å². The van der Waals surface area contributed by atoms with Gasteiger partial charge in [-0.25, -0.2) is 0 Å². The molecule has 0 unspecified atom stereocenters. The molecule has 0 aromatic carbocycles. The minimum Gasteiger partial charge on any atom is -0.295 e. The first-order valence-corrected chi connectivity index (χ1v) is 14.9. The fraction of sp³-hybridized carbons (Fsp3) is 0.350. The number of carbonyl (C=O) groups excluding carboxylic acids is 2. The number of rotatable bonds is 13. The van der Waals surface area contributed by atoms with Crippen molar-refractivity contribution in [3.8, 4) is 0 Å². The van der Waals surface area contributed by atoms with Crippen molar-refractivity contribution in [1.29, 1.82) is 0 Å². The first-order valence-electron chi connectivity index (χ1n) is 14.9. The molecule has 2 nitrogen and oxygen atoms in total. The predicted octanol–water partition coefficient (Wildman–Crippen LogP) is 11.0. The number of carbonyl (C=O) groups is 2. The van der Waals surface area contributed by atoms with Crippen LogP contribution >= 0.6 is 0 Å². The van der Waals surface area contributed by atoms with Crippen molar-refractivity contribution >= 4 is 11.6 Å². The third kappa shape index (κ3) is 14.7. The molecule has 0 atom stereocenters. The number of Topliss-reactive ketones (excluding diaryl/α,β-unsaturated/α-hetero) is 1. The van der Waals surface area contributed by atoms with Crippen LogP contribution in [0.3, 0.4) is 0 Å². The van der Waals surface area contributed by atoms with E-state index in [9.17, 15) is 9.59 Å². The lowest BCUT2D eigenvalue weighted by Gasteiger charge is -2.32. The molecule has 0 aliphatic heterocycles. The summed E-state index contributed by atoms with van der Waals surface area (Å²) >= 11 is 0. The van der Waals surface area contributed by atoms with Crippen LogP contribution in [0.2, 0.25) is 0 Å². The van der Waals surface area contributed by atoms with Crippen molar-refractivity contribution in [3.05, 3.63) is 142 Å². The Labute approximate surface area is 256 Å². The Balaban J connectivity index is 2.64. The van der Waals surface area contributed by atoms with Crippen LogP contribution in [-0.4, -0.2) is 11.6 Å². The highest BCUT2D eigenvalue weighted by atomic mass is 16.1. The molecule has 0 saturated carbocycles. The zero-order valence-electron chi connectivity index (χ0n) is 27.6. The fourth-order valence-electron chi connectivity index (χ4n) is 4.12. The highest BCUT2D eigenvalue weighted by molar-refractivity contribution is 5.97. The average molecular weight is 565 g/mol. The molecule has 0 radical (unpaired) electrons. The summed E-state index contributed by atoms with van der Waals surface area (Å²) in [6, 6.07) is 0. The van der Waals surface area contributed by atoms with Crippen LogP contribution in [0, 0.1) is 11.3 Å². The second-order valence-electron chi connectivity index (χ2n) is 12.1. The molecule has 1 aliphatic rings. The quantitative estimate of drug-likeness (QED) is 0.165. The summed E-state index contributed by atoms with van der Waals surface area (Å²) in [7, 11) is 0. The van der Waals surface area contributed by atoms with Gasteiger partial charge in [0.25, 0.3) is 0 Å². The molecule has 1 aliphatic carbocycles. The second-order valence-corrected chi connectivity index (χ2v) is 12.1. The maximum atomic E-state index is 12.1. The van der Waals surface area contributed by atoms with Gasteiger partial charge in [-0.3, -0.25) is 9.59 Å². The summed E-state index contributed by atoms with van der Waals surface area (Å²) in [4.78, 5) is 23.8. The van der Waals surface area contributed by atoms with Crippen molar-refractivity contribution in [1.82, 2.24) is 0 Å². The number of hydrogen-bond acceptors (Lipinski definition) is 2. The second kappa shape index (κ2) is 18.6. The Morgan fingerprint density at radius 2 is 1.05 bits per heavy atom. The molecule has 224 valence electrons. The first kappa shape index (κ1) is 36.2. The van der Waals surface area contributed by atoms with Crippen LogP contribution in [-0.2, 0) is 9.59 Å². The molecule has 2 heteroatoms. The van der Waals surface area contributed by atoms with Crippen LogP contribution in [0.4, 0.5) is 0 Å². The number of hydrogen-bond donors (Lipinski definition) is 0. The lowest BCUT2D eigenvalue weighted by Crippen LogP contribution is -2.24. The zero-order chi connectivity index (χ0) is 31.7. The molecule has 0 N–H and O–H groups in total. The summed E-state index contributed by atoms with van der Waals surface area (Å²) in [6.07, 6.45) is 36.1. The summed E-state index contributed by atoms with van der Waals surface area (Å²) < 4.78 is 0. The Morgan fingerprint density at radius 1 is 0.643 bits per heavy atom. The average Bonchev–Trinajstić information content (AvgIpc) is 2.91. The van der Waals surface area contributed by atoms with Crippen molar-refractivity contribution in [2.24, 2.45) is 11.3 Å². The Morgan fingerprint density at radius 3 is 1.50 bits per heavy atom. The topological polar surface area (TPSA) is 34.1 Å². The Bertz CT molecular complexity index is 1330. The molecule has 42 heavy (non-hydrogen) atoms. The molecule has 0 fully saturated rings. The van der Waals surface area contributed by atoms with Crippen molar-refractivity contribution in [2.45, 2.75) is 82.1 Å². The molecular formula is C40H52O2.